The number of hydrogen-bond acceptors (Lipinski definition) is 12. The molecule has 2 saturated carbocycles. The van der Waals surface area contributed by atoms with Crippen molar-refractivity contribution >= 4 is 47.3 Å². The third-order valence-corrected chi connectivity index (χ3v) is 19.4. The first-order valence-corrected chi connectivity index (χ1v) is 31.8. The van der Waals surface area contributed by atoms with Crippen LogP contribution in [0.2, 0.25) is 0 Å². The van der Waals surface area contributed by atoms with E-state index >= 15 is 0 Å². The lowest BCUT2D eigenvalue weighted by Gasteiger charge is -2.35. The van der Waals surface area contributed by atoms with E-state index in [1.807, 2.05) is 24.3 Å². The van der Waals surface area contributed by atoms with Crippen molar-refractivity contribution in [2.45, 2.75) is 203 Å². The Morgan fingerprint density at radius 3 is 1.27 bits per heavy atom. The molecule has 7 aliphatic rings. The summed E-state index contributed by atoms with van der Waals surface area (Å²) in [4.78, 5) is 119. The van der Waals surface area contributed by atoms with Crippen molar-refractivity contribution in [2.24, 2.45) is 11.8 Å². The molecule has 2 aromatic carbocycles. The van der Waals surface area contributed by atoms with E-state index in [9.17, 15) is 38.4 Å². The van der Waals surface area contributed by atoms with Gasteiger partial charge in [-0.3, -0.25) is 38.4 Å². The van der Waals surface area contributed by atoms with E-state index in [2.05, 4.69) is 56.2 Å². The second-order valence-electron chi connectivity index (χ2n) is 24.8. The van der Waals surface area contributed by atoms with E-state index in [-0.39, 0.29) is 123 Å². The molecular formula is C64H94N10O10. The summed E-state index contributed by atoms with van der Waals surface area (Å²) in [6, 6.07) is 11.7. The first-order valence-electron chi connectivity index (χ1n) is 31.8. The molecule has 6 N–H and O–H groups in total. The zero-order chi connectivity index (χ0) is 59.3. The largest absolute Gasteiger partial charge is 0.376 e. The van der Waals surface area contributed by atoms with Gasteiger partial charge in [0.15, 0.2) is 0 Å². The van der Waals surface area contributed by atoms with Crippen LogP contribution in [0.4, 0.5) is 0 Å². The highest BCUT2D eigenvalue weighted by atomic mass is 16.5. The van der Waals surface area contributed by atoms with Crippen molar-refractivity contribution in [2.75, 3.05) is 66.6 Å². The summed E-state index contributed by atoms with van der Waals surface area (Å²) in [5.74, 6) is -1.96. The van der Waals surface area contributed by atoms with Gasteiger partial charge in [-0.2, -0.15) is 0 Å². The van der Waals surface area contributed by atoms with Gasteiger partial charge in [0.05, 0.1) is 62.4 Å². The number of piperazine rings is 1. The SMILES string of the molecule is CN[C@@H](C)C(=O)N[C@H](C(=O)N1C[C@@H](OCCC(=O)N2CCN(C(=O)CCO[C@H]3C[C@@H](C(=O)N[C@@H]4CCCc5ccccc54)N(C(=O)[C@@H](NC(=O)[C@H](C)NC)C4CCCCC4)C3)CC2)C[C@H]1C(=O)N[C@@H]1CCCc2ccccc21)C1CCCCC1. The van der Waals surface area contributed by atoms with Crippen LogP contribution in [0.1, 0.15) is 164 Å². The fourth-order valence-electron chi connectivity index (χ4n) is 14.2. The second-order valence-corrected chi connectivity index (χ2v) is 24.8. The lowest BCUT2D eigenvalue weighted by molar-refractivity contribution is -0.143. The Morgan fingerprint density at radius 2 is 0.893 bits per heavy atom. The number of nitrogens with one attached hydrogen (secondary N) is 6. The average molecular weight is 1160 g/mol. The van der Waals surface area contributed by atoms with Gasteiger partial charge in [0.25, 0.3) is 0 Å². The van der Waals surface area contributed by atoms with Crippen LogP contribution in [0.25, 0.3) is 0 Å². The van der Waals surface area contributed by atoms with Crippen molar-refractivity contribution in [3.8, 4) is 0 Å². The molecule has 5 fully saturated rings. The number of fused-ring (bicyclic) bond motifs is 2. The highest BCUT2D eigenvalue weighted by Gasteiger charge is 2.47. The standard InChI is InChI=1S/C64H94N10O10/c1-41(65-3)59(77)69-57(45-19-7-5-8-20-45)63(81)73-39-47(37-53(73)61(79)67-51-27-15-23-43-17-11-13-25-49(43)51)83-35-29-55(75)71-31-33-72(34-32-71)56(76)30-36-84-48-38-54(62(80)68-52-28-16-24-44-18-12-14-26-50(44)52)74(40-48)64(82)58(46-21-9-6-10-22-46)70-60(78)42(2)66-4/h11-14,17-18,25-26,41-42,45-48,51-54,57-58,65-66H,5-10,15-16,19-24,27-40H2,1-4H3,(H,67,79)(H,68,80)(H,69,77)(H,70,78)/t41-,42-,47-,48-,51+,52+,53-,54-,57-,58-/m0/s1. The molecule has 9 rings (SSSR count). The van der Waals surface area contributed by atoms with Crippen LogP contribution in [-0.2, 0) is 60.7 Å². The third kappa shape index (κ3) is 15.5. The molecule has 3 aliphatic heterocycles. The molecule has 0 unspecified atom stereocenters. The molecule has 0 aromatic heterocycles. The summed E-state index contributed by atoms with van der Waals surface area (Å²) >= 11 is 0. The number of hydrogen-bond donors (Lipinski definition) is 6. The normalized spacial score (nSPS) is 25.3. The maximum Gasteiger partial charge on any atom is 0.246 e. The third-order valence-electron chi connectivity index (χ3n) is 19.4. The van der Waals surface area contributed by atoms with Gasteiger partial charge < -0.3 is 61.0 Å². The first kappa shape index (κ1) is 62.6. The molecule has 10 atom stereocenters. The van der Waals surface area contributed by atoms with Crippen LogP contribution in [0.3, 0.4) is 0 Å². The second kappa shape index (κ2) is 29.9. The molecule has 0 radical (unpaired) electrons. The highest BCUT2D eigenvalue weighted by Crippen LogP contribution is 2.35. The van der Waals surface area contributed by atoms with Crippen molar-refractivity contribution in [1.82, 2.24) is 51.5 Å². The summed E-state index contributed by atoms with van der Waals surface area (Å²) < 4.78 is 12.7. The molecule has 0 spiro atoms. The van der Waals surface area contributed by atoms with Crippen molar-refractivity contribution in [1.29, 1.82) is 0 Å². The van der Waals surface area contributed by atoms with Crippen LogP contribution in [0.5, 0.6) is 0 Å². The fraction of sp³-hybridized carbons (Fsp3) is 0.688. The van der Waals surface area contributed by atoms with E-state index in [0.717, 1.165) is 114 Å². The summed E-state index contributed by atoms with van der Waals surface area (Å²) in [5.41, 5.74) is 4.60. The van der Waals surface area contributed by atoms with E-state index in [1.165, 1.54) is 11.1 Å². The topological polar surface area (TPSA) is 240 Å². The molecule has 8 amide bonds. The van der Waals surface area contributed by atoms with Crippen LogP contribution < -0.4 is 31.9 Å². The monoisotopic (exact) mass is 1160 g/mol. The molecule has 20 heteroatoms. The van der Waals surface area contributed by atoms with Crippen molar-refractivity contribution in [3.63, 3.8) is 0 Å². The molecule has 460 valence electrons. The molecule has 4 aliphatic carbocycles. The minimum atomic E-state index is -0.824. The van der Waals surface area contributed by atoms with E-state index in [4.69, 9.17) is 9.47 Å². The number of benzene rings is 2. The number of carbonyl (C=O) groups excluding carboxylic acids is 8. The van der Waals surface area contributed by atoms with Crippen LogP contribution >= 0.6 is 0 Å². The lowest BCUT2D eigenvalue weighted by Crippen LogP contribution is -2.58. The summed E-state index contributed by atoms with van der Waals surface area (Å²) in [6.45, 7) is 5.36. The predicted octanol–water partition coefficient (Wildman–Crippen LogP) is 4.14. The Kier molecular flexibility index (Phi) is 22.3. The number of aryl methyl sites for hydroxylation is 2. The van der Waals surface area contributed by atoms with Gasteiger partial charge in [-0.05, 0) is 126 Å². The average Bonchev–Trinajstić information content (AvgIpc) is 3.29. The first-order chi connectivity index (χ1) is 40.7. The molecule has 20 nitrogen and oxygen atoms in total. The molecule has 2 aromatic rings. The van der Waals surface area contributed by atoms with Crippen molar-refractivity contribution < 1.29 is 47.8 Å². The number of amides is 8. The zero-order valence-electron chi connectivity index (χ0n) is 50.2. The number of ether oxygens (including phenoxy) is 2. The van der Waals surface area contributed by atoms with Gasteiger partial charge in [-0.15, -0.1) is 0 Å². The van der Waals surface area contributed by atoms with Crippen LogP contribution in [-0.4, -0.2) is 182 Å². The fourth-order valence-corrected chi connectivity index (χ4v) is 14.2. The van der Waals surface area contributed by atoms with Crippen LogP contribution in [0.15, 0.2) is 48.5 Å². The van der Waals surface area contributed by atoms with E-state index < -0.39 is 48.5 Å². The Labute approximate surface area is 496 Å². The maximum atomic E-state index is 14.8. The maximum absolute atomic E-state index is 14.8. The number of likely N-dealkylation sites (N-methyl/N-ethyl adjacent to an activating group) is 2. The van der Waals surface area contributed by atoms with Gasteiger partial charge in [-0.1, -0.05) is 87.1 Å². The number of rotatable bonds is 22. The zero-order valence-corrected chi connectivity index (χ0v) is 50.2. The summed E-state index contributed by atoms with van der Waals surface area (Å²) in [6.07, 6.45) is 14.2. The highest BCUT2D eigenvalue weighted by molar-refractivity contribution is 5.95. The minimum Gasteiger partial charge on any atom is -0.376 e. The van der Waals surface area contributed by atoms with Crippen molar-refractivity contribution in [3.05, 3.63) is 70.8 Å². The molecule has 84 heavy (non-hydrogen) atoms. The smallest absolute Gasteiger partial charge is 0.246 e. The van der Waals surface area contributed by atoms with Gasteiger partial charge in [0.2, 0.25) is 47.3 Å². The summed E-state index contributed by atoms with van der Waals surface area (Å²) in [7, 11) is 3.41. The Balaban J connectivity index is 0.775. The number of nitrogens with zero attached hydrogens (tertiary/aromatic N) is 4. The van der Waals surface area contributed by atoms with Gasteiger partial charge in [-0.25, -0.2) is 0 Å². The number of likely N-dealkylation sites (tertiary alicyclic amines) is 2. The molecule has 0 bridgehead atoms. The van der Waals surface area contributed by atoms with E-state index in [1.54, 1.807) is 47.5 Å². The lowest BCUT2D eigenvalue weighted by atomic mass is 9.83. The van der Waals surface area contributed by atoms with Gasteiger partial charge in [0.1, 0.15) is 24.2 Å². The van der Waals surface area contributed by atoms with Gasteiger partial charge in [0, 0.05) is 52.1 Å². The summed E-state index contributed by atoms with van der Waals surface area (Å²) in [5, 5.41) is 18.7. The molecule has 3 saturated heterocycles. The van der Waals surface area contributed by atoms with E-state index in [0.29, 0.717) is 26.2 Å². The molecule has 3 heterocycles. The van der Waals surface area contributed by atoms with Gasteiger partial charge >= 0.3 is 0 Å². The van der Waals surface area contributed by atoms with Crippen LogP contribution in [0, 0.1) is 11.8 Å². The predicted molar refractivity (Wildman–Crippen MR) is 317 cm³/mol. The quantitative estimate of drug-likeness (QED) is 0.0976. The Bertz CT molecular complexity index is 2440. The Hall–Kier alpha value is -5.96. The number of carbonyl (C=O) groups is 8. The minimum absolute atomic E-state index is 0.0590. The Morgan fingerprint density at radius 1 is 0.512 bits per heavy atom. The molecular weight excluding hydrogens is 1070 g/mol.